The van der Waals surface area contributed by atoms with Crippen LogP contribution in [0.4, 0.5) is 5.69 Å². The van der Waals surface area contributed by atoms with Gasteiger partial charge in [0.2, 0.25) is 5.39 Å². The van der Waals surface area contributed by atoms with Crippen LogP contribution in [-0.2, 0) is 11.3 Å². The molecule has 0 aromatic heterocycles. The Morgan fingerprint density at radius 1 is 1.33 bits per heavy atom. The van der Waals surface area contributed by atoms with E-state index in [0.29, 0.717) is 12.3 Å². The van der Waals surface area contributed by atoms with Gasteiger partial charge in [-0.2, -0.15) is 0 Å². The molecule has 0 aliphatic heterocycles. The first kappa shape index (κ1) is 10.9. The van der Waals surface area contributed by atoms with E-state index < -0.39 is 0 Å². The minimum atomic E-state index is 0. The van der Waals surface area contributed by atoms with Crippen LogP contribution in [0.15, 0.2) is 24.3 Å². The van der Waals surface area contributed by atoms with E-state index in [1.165, 1.54) is 0 Å². The Labute approximate surface area is 77.4 Å². The summed E-state index contributed by atoms with van der Waals surface area (Å²) in [6.45, 7) is 0.589. The molecule has 0 aliphatic carbocycles. The van der Waals surface area contributed by atoms with E-state index in [-0.39, 0.29) is 12.4 Å². The average Bonchev–Trinajstić information content (AvgIpc) is 2.07. The van der Waals surface area contributed by atoms with Crippen LogP contribution in [0.25, 0.3) is 4.98 Å². The molecule has 1 aromatic carbocycles. The van der Waals surface area contributed by atoms with Crippen LogP contribution in [0.2, 0.25) is 0 Å². The minimum Gasteiger partial charge on any atom is -1.00 e. The van der Waals surface area contributed by atoms with Gasteiger partial charge < -0.3 is 17.1 Å². The van der Waals surface area contributed by atoms with Crippen LogP contribution < -0.4 is 12.4 Å². The quantitative estimate of drug-likeness (QED) is 0.572. The van der Waals surface area contributed by atoms with Crippen LogP contribution >= 0.6 is 0 Å². The van der Waals surface area contributed by atoms with E-state index in [4.69, 9.17) is 10.1 Å². The third kappa shape index (κ3) is 2.87. The lowest BCUT2D eigenvalue weighted by Gasteiger charge is -1.94. The van der Waals surface area contributed by atoms with Crippen LogP contribution in [-0.4, -0.2) is 7.11 Å². The molecule has 0 aliphatic rings. The Balaban J connectivity index is 0.00000121. The number of nitrogens with zero attached hydrogens (tertiary/aromatic N) is 2. The summed E-state index contributed by atoms with van der Waals surface area (Å²) in [5.41, 5.74) is 1.63. The second kappa shape index (κ2) is 5.53. The lowest BCUT2D eigenvalue weighted by atomic mass is 10.2. The highest BCUT2D eigenvalue weighted by Crippen LogP contribution is 2.12. The SMILES string of the molecule is COCc1ccc([N+]#N)cc1.[Cl-]. The molecule has 4 heteroatoms. The molecule has 0 saturated carbocycles. The van der Waals surface area contributed by atoms with E-state index in [2.05, 4.69) is 4.98 Å². The van der Waals surface area contributed by atoms with Crippen molar-refractivity contribution in [2.75, 3.05) is 7.11 Å². The van der Waals surface area contributed by atoms with Gasteiger partial charge in [-0.15, -0.1) is 0 Å². The fourth-order valence-electron chi connectivity index (χ4n) is 0.826. The molecule has 12 heavy (non-hydrogen) atoms. The van der Waals surface area contributed by atoms with E-state index >= 15 is 0 Å². The number of diazo groups is 1. The Kier molecular flexibility index (Phi) is 5.02. The fraction of sp³-hybridized carbons (Fsp3) is 0.250. The molecule has 0 saturated heterocycles. The molecule has 0 spiro atoms. The summed E-state index contributed by atoms with van der Waals surface area (Å²) in [6.07, 6.45) is 0. The maximum Gasteiger partial charge on any atom is 0.385 e. The van der Waals surface area contributed by atoms with Gasteiger partial charge in [-0.3, -0.25) is 0 Å². The van der Waals surface area contributed by atoms with Crippen LogP contribution in [0, 0.1) is 5.39 Å². The zero-order valence-electron chi connectivity index (χ0n) is 6.70. The van der Waals surface area contributed by atoms with E-state index in [0.717, 1.165) is 5.56 Å². The van der Waals surface area contributed by atoms with Gasteiger partial charge in [-0.1, -0.05) is 0 Å². The number of hydrogen-bond acceptors (Lipinski definition) is 2. The maximum absolute atomic E-state index is 8.35. The van der Waals surface area contributed by atoms with E-state index in [1.54, 1.807) is 19.2 Å². The fourth-order valence-corrected chi connectivity index (χ4v) is 0.826. The summed E-state index contributed by atoms with van der Waals surface area (Å²) in [5, 5.41) is 8.35. The van der Waals surface area contributed by atoms with Crippen molar-refractivity contribution in [1.82, 2.24) is 0 Å². The first-order valence-electron chi connectivity index (χ1n) is 3.30. The molecule has 64 valence electrons. The topological polar surface area (TPSA) is 37.4 Å². The lowest BCUT2D eigenvalue weighted by molar-refractivity contribution is -0.00000277. The van der Waals surface area contributed by atoms with Gasteiger partial charge in [-0.05, 0) is 17.7 Å². The normalized spacial score (nSPS) is 8.33. The molecule has 0 unspecified atom stereocenters. The number of hydrogen-bond donors (Lipinski definition) is 0. The Morgan fingerprint density at radius 2 is 1.92 bits per heavy atom. The zero-order chi connectivity index (χ0) is 8.10. The smallest absolute Gasteiger partial charge is 0.385 e. The molecule has 0 N–H and O–H groups in total. The second-order valence-electron chi connectivity index (χ2n) is 2.20. The average molecular weight is 185 g/mol. The van der Waals surface area contributed by atoms with Crippen molar-refractivity contribution in [3.8, 4) is 0 Å². The van der Waals surface area contributed by atoms with Gasteiger partial charge >= 0.3 is 5.69 Å². The summed E-state index contributed by atoms with van der Waals surface area (Å²) in [6, 6.07) is 7.18. The predicted octanol–water partition coefficient (Wildman–Crippen LogP) is -0.678. The largest absolute Gasteiger partial charge is 1.00 e. The standard InChI is InChI=1S/C8H9N2O.ClH/c1-11-6-7-2-4-8(10-9)5-3-7;/h2-5H,6H2,1H3;1H/q+1;/p-1. The Bertz CT molecular complexity index is 265. The van der Waals surface area contributed by atoms with Gasteiger partial charge in [0, 0.05) is 19.2 Å². The molecule has 0 heterocycles. The third-order valence-electron chi connectivity index (χ3n) is 1.36. The summed E-state index contributed by atoms with van der Waals surface area (Å²) in [4.78, 5) is 3.03. The molecule has 0 radical (unpaired) electrons. The van der Waals surface area contributed by atoms with Crippen molar-refractivity contribution < 1.29 is 17.1 Å². The van der Waals surface area contributed by atoms with E-state index in [9.17, 15) is 0 Å². The maximum atomic E-state index is 8.35. The molecule has 1 aromatic rings. The highest BCUT2D eigenvalue weighted by atomic mass is 35.5. The number of halogens is 1. The minimum absolute atomic E-state index is 0. The first-order chi connectivity index (χ1) is 5.36. The lowest BCUT2D eigenvalue weighted by Crippen LogP contribution is -3.00. The summed E-state index contributed by atoms with van der Waals surface area (Å²) < 4.78 is 4.91. The third-order valence-corrected chi connectivity index (χ3v) is 1.36. The number of benzene rings is 1. The van der Waals surface area contributed by atoms with Gasteiger partial charge in [0.05, 0.1) is 6.61 Å². The van der Waals surface area contributed by atoms with Crippen molar-refractivity contribution >= 4 is 5.69 Å². The van der Waals surface area contributed by atoms with Gasteiger partial charge in [0.15, 0.2) is 4.98 Å². The first-order valence-corrected chi connectivity index (χ1v) is 3.30. The van der Waals surface area contributed by atoms with Gasteiger partial charge in [0.25, 0.3) is 0 Å². The van der Waals surface area contributed by atoms with Gasteiger partial charge in [0.1, 0.15) is 0 Å². The Hall–Kier alpha value is -1.11. The summed E-state index contributed by atoms with van der Waals surface area (Å²) in [7, 11) is 1.64. The monoisotopic (exact) mass is 184 g/mol. The van der Waals surface area contributed by atoms with Crippen molar-refractivity contribution in [2.24, 2.45) is 0 Å². The van der Waals surface area contributed by atoms with Gasteiger partial charge in [-0.25, -0.2) is 0 Å². The molecule has 3 nitrogen and oxygen atoms in total. The van der Waals surface area contributed by atoms with Crippen molar-refractivity contribution in [3.63, 3.8) is 0 Å². The summed E-state index contributed by atoms with van der Waals surface area (Å²) >= 11 is 0. The van der Waals surface area contributed by atoms with Crippen molar-refractivity contribution in [1.29, 1.82) is 5.39 Å². The van der Waals surface area contributed by atoms with Crippen LogP contribution in [0.5, 0.6) is 0 Å². The highest BCUT2D eigenvalue weighted by molar-refractivity contribution is 5.44. The predicted molar refractivity (Wildman–Crippen MR) is 41.9 cm³/mol. The molecular weight excluding hydrogens is 176 g/mol. The Morgan fingerprint density at radius 3 is 2.33 bits per heavy atom. The van der Waals surface area contributed by atoms with Crippen molar-refractivity contribution in [3.05, 3.63) is 34.8 Å². The van der Waals surface area contributed by atoms with E-state index in [1.807, 2.05) is 12.1 Å². The van der Waals surface area contributed by atoms with Crippen LogP contribution in [0.3, 0.4) is 0 Å². The number of rotatable bonds is 2. The number of methoxy groups -OCH3 is 1. The zero-order valence-corrected chi connectivity index (χ0v) is 7.45. The molecular formula is C8H9ClN2O. The van der Waals surface area contributed by atoms with Crippen molar-refractivity contribution in [2.45, 2.75) is 6.61 Å². The summed E-state index contributed by atoms with van der Waals surface area (Å²) in [5.74, 6) is 0. The molecule has 1 rings (SSSR count). The molecule has 0 amide bonds. The molecule has 0 bridgehead atoms. The van der Waals surface area contributed by atoms with Crippen LogP contribution in [0.1, 0.15) is 5.56 Å². The molecule has 0 atom stereocenters. The number of ether oxygens (including phenoxy) is 1. The highest BCUT2D eigenvalue weighted by Gasteiger charge is 2.01. The molecule has 0 fully saturated rings. The second-order valence-corrected chi connectivity index (χ2v) is 2.20.